The first kappa shape index (κ1) is 12.9. The highest BCUT2D eigenvalue weighted by molar-refractivity contribution is 5.68. The number of hydrogen-bond acceptors (Lipinski definition) is 5. The number of carbonyl (C=O) groups is 1. The van der Waals surface area contributed by atoms with Crippen molar-refractivity contribution in [1.82, 2.24) is 4.98 Å². The van der Waals surface area contributed by atoms with Crippen molar-refractivity contribution in [3.8, 4) is 0 Å². The van der Waals surface area contributed by atoms with E-state index in [4.69, 9.17) is 5.11 Å². The Hall–Kier alpha value is -2.18. The first-order valence-electron chi connectivity index (χ1n) is 5.11. The van der Waals surface area contributed by atoms with Gasteiger partial charge in [-0.2, -0.15) is 0 Å². The van der Waals surface area contributed by atoms with Gasteiger partial charge >= 0.3 is 5.97 Å². The minimum atomic E-state index is -0.897. The lowest BCUT2D eigenvalue weighted by molar-refractivity contribution is -0.385. The molecule has 0 bridgehead atoms. The van der Waals surface area contributed by atoms with E-state index in [-0.39, 0.29) is 18.2 Å². The summed E-state index contributed by atoms with van der Waals surface area (Å²) >= 11 is 0. The van der Waals surface area contributed by atoms with Gasteiger partial charge in [-0.25, -0.2) is 4.98 Å². The third kappa shape index (κ3) is 4.06. The normalized spacial score (nSPS) is 11.8. The molecule has 1 rings (SSSR count). The number of aliphatic carboxylic acids is 1. The first-order valence-corrected chi connectivity index (χ1v) is 5.11. The standard InChI is InChI=1S/C10H13N3O4/c1-2-7(5-10(14)15)12-9-4-3-8(6-11-9)13(16)17/h3-4,6-7H,2,5H2,1H3,(H,11,12)(H,14,15). The highest BCUT2D eigenvalue weighted by Crippen LogP contribution is 2.14. The molecule has 7 heteroatoms. The number of nitrogens with one attached hydrogen (secondary N) is 1. The zero-order valence-corrected chi connectivity index (χ0v) is 9.29. The molecule has 0 aliphatic carbocycles. The van der Waals surface area contributed by atoms with Crippen LogP contribution in [0.5, 0.6) is 0 Å². The smallest absolute Gasteiger partial charge is 0.305 e. The number of carboxylic acids is 1. The van der Waals surface area contributed by atoms with Crippen LogP contribution in [0.3, 0.4) is 0 Å². The molecule has 1 heterocycles. The van der Waals surface area contributed by atoms with Crippen LogP contribution < -0.4 is 5.32 Å². The number of nitrogens with zero attached hydrogens (tertiary/aromatic N) is 2. The Morgan fingerprint density at radius 3 is 2.76 bits per heavy atom. The minimum Gasteiger partial charge on any atom is -0.481 e. The van der Waals surface area contributed by atoms with Gasteiger partial charge in [0.2, 0.25) is 0 Å². The lowest BCUT2D eigenvalue weighted by Crippen LogP contribution is -2.22. The number of hydrogen-bond donors (Lipinski definition) is 2. The summed E-state index contributed by atoms with van der Waals surface area (Å²) < 4.78 is 0. The molecule has 0 fully saturated rings. The van der Waals surface area contributed by atoms with Crippen LogP contribution >= 0.6 is 0 Å². The van der Waals surface area contributed by atoms with Gasteiger partial charge in [-0.05, 0) is 12.5 Å². The Labute approximate surface area is 97.6 Å². The highest BCUT2D eigenvalue weighted by atomic mass is 16.6. The fourth-order valence-corrected chi connectivity index (χ4v) is 1.30. The Morgan fingerprint density at radius 1 is 1.65 bits per heavy atom. The summed E-state index contributed by atoms with van der Waals surface area (Å²) in [5.41, 5.74) is -0.0955. The predicted octanol–water partition coefficient (Wildman–Crippen LogP) is 1.65. The second kappa shape index (κ2) is 5.78. The van der Waals surface area contributed by atoms with Crippen LogP contribution in [0.15, 0.2) is 18.3 Å². The molecule has 0 spiro atoms. The fourth-order valence-electron chi connectivity index (χ4n) is 1.30. The third-order valence-corrected chi connectivity index (χ3v) is 2.22. The largest absolute Gasteiger partial charge is 0.481 e. The van der Waals surface area contributed by atoms with E-state index in [1.54, 1.807) is 0 Å². The van der Waals surface area contributed by atoms with Gasteiger partial charge < -0.3 is 10.4 Å². The van der Waals surface area contributed by atoms with Crippen molar-refractivity contribution in [2.24, 2.45) is 0 Å². The van der Waals surface area contributed by atoms with E-state index in [9.17, 15) is 14.9 Å². The zero-order valence-electron chi connectivity index (χ0n) is 9.29. The summed E-state index contributed by atoms with van der Waals surface area (Å²) in [5.74, 6) is -0.463. The van der Waals surface area contributed by atoms with Crippen LogP contribution in [0, 0.1) is 10.1 Å². The van der Waals surface area contributed by atoms with Gasteiger partial charge in [0.05, 0.1) is 11.3 Å². The van der Waals surface area contributed by atoms with Crippen molar-refractivity contribution in [3.05, 3.63) is 28.4 Å². The van der Waals surface area contributed by atoms with E-state index in [2.05, 4.69) is 10.3 Å². The minimum absolute atomic E-state index is 0.0187. The molecule has 7 nitrogen and oxygen atoms in total. The molecular formula is C10H13N3O4. The first-order chi connectivity index (χ1) is 8.02. The molecule has 0 aliphatic rings. The van der Waals surface area contributed by atoms with Gasteiger partial charge in [-0.15, -0.1) is 0 Å². The van der Waals surface area contributed by atoms with Crippen LogP contribution in [0.25, 0.3) is 0 Å². The molecule has 1 atom stereocenters. The fraction of sp³-hybridized carbons (Fsp3) is 0.400. The van der Waals surface area contributed by atoms with Crippen molar-refractivity contribution in [2.75, 3.05) is 5.32 Å². The van der Waals surface area contributed by atoms with Gasteiger partial charge in [0.25, 0.3) is 5.69 Å². The molecule has 0 aliphatic heterocycles. The van der Waals surface area contributed by atoms with E-state index < -0.39 is 10.9 Å². The molecule has 17 heavy (non-hydrogen) atoms. The molecule has 0 saturated heterocycles. The van der Waals surface area contributed by atoms with E-state index in [0.717, 1.165) is 6.20 Å². The summed E-state index contributed by atoms with van der Waals surface area (Å²) in [7, 11) is 0. The Bertz CT molecular complexity index is 405. The lowest BCUT2D eigenvalue weighted by Gasteiger charge is -2.14. The van der Waals surface area contributed by atoms with Gasteiger partial charge in [0, 0.05) is 12.1 Å². The molecule has 1 aromatic rings. The van der Waals surface area contributed by atoms with Crippen molar-refractivity contribution in [1.29, 1.82) is 0 Å². The lowest BCUT2D eigenvalue weighted by atomic mass is 10.1. The van der Waals surface area contributed by atoms with Crippen LogP contribution in [-0.2, 0) is 4.79 Å². The quantitative estimate of drug-likeness (QED) is 0.577. The predicted molar refractivity (Wildman–Crippen MR) is 60.8 cm³/mol. The summed E-state index contributed by atoms with van der Waals surface area (Å²) in [6.07, 6.45) is 1.75. The molecule has 0 radical (unpaired) electrons. The monoisotopic (exact) mass is 239 g/mol. The molecular weight excluding hydrogens is 226 g/mol. The van der Waals surface area contributed by atoms with Crippen molar-refractivity contribution in [2.45, 2.75) is 25.8 Å². The highest BCUT2D eigenvalue weighted by Gasteiger charge is 2.12. The molecule has 1 aromatic heterocycles. The number of carboxylic acid groups (broad SMARTS) is 1. The number of pyridine rings is 1. The number of rotatable bonds is 6. The maximum absolute atomic E-state index is 10.6. The van der Waals surface area contributed by atoms with E-state index in [0.29, 0.717) is 12.2 Å². The van der Waals surface area contributed by atoms with Gasteiger partial charge in [-0.3, -0.25) is 14.9 Å². The average molecular weight is 239 g/mol. The SMILES string of the molecule is CCC(CC(=O)O)Nc1ccc([N+](=O)[O-])cn1. The molecule has 2 N–H and O–H groups in total. The Kier molecular flexibility index (Phi) is 4.38. The number of aromatic nitrogens is 1. The second-order valence-electron chi connectivity index (χ2n) is 3.51. The molecule has 0 aromatic carbocycles. The topological polar surface area (TPSA) is 105 Å². The maximum Gasteiger partial charge on any atom is 0.305 e. The van der Waals surface area contributed by atoms with Crippen LogP contribution in [0.1, 0.15) is 19.8 Å². The van der Waals surface area contributed by atoms with E-state index in [1.165, 1.54) is 12.1 Å². The molecule has 0 saturated carbocycles. The summed E-state index contributed by atoms with van der Waals surface area (Å²) in [6, 6.07) is 2.55. The van der Waals surface area contributed by atoms with Crippen LogP contribution in [0.4, 0.5) is 11.5 Å². The molecule has 1 unspecified atom stereocenters. The van der Waals surface area contributed by atoms with Crippen molar-refractivity contribution < 1.29 is 14.8 Å². The summed E-state index contributed by atoms with van der Waals surface area (Å²) in [6.45, 7) is 1.85. The van der Waals surface area contributed by atoms with E-state index >= 15 is 0 Å². The van der Waals surface area contributed by atoms with Gasteiger partial charge in [0.15, 0.2) is 0 Å². The maximum atomic E-state index is 10.6. The van der Waals surface area contributed by atoms with Crippen molar-refractivity contribution in [3.63, 3.8) is 0 Å². The van der Waals surface area contributed by atoms with Crippen molar-refractivity contribution >= 4 is 17.5 Å². The Balaban J connectivity index is 2.67. The van der Waals surface area contributed by atoms with Crippen LogP contribution in [-0.4, -0.2) is 27.0 Å². The second-order valence-corrected chi connectivity index (χ2v) is 3.51. The Morgan fingerprint density at radius 2 is 2.35 bits per heavy atom. The summed E-state index contributed by atoms with van der Waals surface area (Å²) in [4.78, 5) is 24.3. The molecule has 92 valence electrons. The van der Waals surface area contributed by atoms with Gasteiger partial charge in [0.1, 0.15) is 12.0 Å². The zero-order chi connectivity index (χ0) is 12.8. The summed E-state index contributed by atoms with van der Waals surface area (Å²) in [5, 5.41) is 22.0. The average Bonchev–Trinajstić information content (AvgIpc) is 2.28. The van der Waals surface area contributed by atoms with Crippen LogP contribution in [0.2, 0.25) is 0 Å². The van der Waals surface area contributed by atoms with Gasteiger partial charge in [-0.1, -0.05) is 6.92 Å². The number of nitro groups is 1. The molecule has 0 amide bonds. The van der Waals surface area contributed by atoms with E-state index in [1.807, 2.05) is 6.92 Å². The number of anilines is 1. The third-order valence-electron chi connectivity index (χ3n) is 2.22.